The molecule has 4 heteroatoms. The second kappa shape index (κ2) is 5.54. The van der Waals surface area contributed by atoms with Crippen molar-refractivity contribution < 1.29 is 12.6 Å². The highest BCUT2D eigenvalue weighted by Gasteiger charge is 1.98. The Labute approximate surface area is 90.2 Å². The molecule has 0 aromatic heterocycles. The minimum Gasteiger partial charge on any atom is -0.269 e. The molecule has 1 aromatic rings. The summed E-state index contributed by atoms with van der Waals surface area (Å²) < 4.78 is 25.7. The Morgan fingerprint density at radius 2 is 1.93 bits per heavy atom. The Morgan fingerprint density at radius 3 is 2.53 bits per heavy atom. The largest absolute Gasteiger partial charge is 0.269 e. The molecule has 3 nitrogen and oxygen atoms in total. The fourth-order valence-corrected chi connectivity index (χ4v) is 1.32. The van der Waals surface area contributed by atoms with Crippen molar-refractivity contribution in [1.29, 1.82) is 0 Å². The molecular weight excluding hydrogens is 212 g/mol. The van der Waals surface area contributed by atoms with E-state index in [0.29, 0.717) is 6.42 Å². The highest BCUT2D eigenvalue weighted by atomic mass is 32.2. The number of hydrogen-bond acceptors (Lipinski definition) is 3. The van der Waals surface area contributed by atoms with E-state index in [-0.39, 0.29) is 6.61 Å². The average Bonchev–Trinajstić information content (AvgIpc) is 2.17. The van der Waals surface area contributed by atoms with Crippen LogP contribution < -0.4 is 0 Å². The van der Waals surface area contributed by atoms with Gasteiger partial charge in [0.2, 0.25) is 0 Å². The van der Waals surface area contributed by atoms with Crippen LogP contribution >= 0.6 is 0 Å². The first-order valence-corrected chi connectivity index (χ1v) is 6.28. The SMILES string of the molecule is CS(=O)(=O)OCCC#Cc1ccccc1. The van der Waals surface area contributed by atoms with E-state index in [1.165, 1.54) is 0 Å². The third kappa shape index (κ3) is 5.89. The smallest absolute Gasteiger partial charge is 0.264 e. The van der Waals surface area contributed by atoms with Crippen molar-refractivity contribution in [3.63, 3.8) is 0 Å². The van der Waals surface area contributed by atoms with Crippen LogP contribution in [0.4, 0.5) is 0 Å². The Kier molecular flexibility index (Phi) is 4.35. The van der Waals surface area contributed by atoms with Crippen LogP contribution in [0.2, 0.25) is 0 Å². The lowest BCUT2D eigenvalue weighted by atomic mass is 10.2. The highest BCUT2D eigenvalue weighted by Crippen LogP contribution is 1.95. The molecular formula is C11H12O3S. The first-order chi connectivity index (χ1) is 7.08. The predicted octanol–water partition coefficient (Wildman–Crippen LogP) is 1.40. The van der Waals surface area contributed by atoms with E-state index in [1.807, 2.05) is 30.3 Å². The van der Waals surface area contributed by atoms with Gasteiger partial charge in [0, 0.05) is 12.0 Å². The summed E-state index contributed by atoms with van der Waals surface area (Å²) in [7, 11) is -3.34. The van der Waals surface area contributed by atoms with Crippen molar-refractivity contribution >= 4 is 10.1 Å². The van der Waals surface area contributed by atoms with Crippen molar-refractivity contribution in [2.24, 2.45) is 0 Å². The van der Waals surface area contributed by atoms with Crippen LogP contribution in [0.1, 0.15) is 12.0 Å². The fourth-order valence-electron chi connectivity index (χ4n) is 0.930. The molecule has 15 heavy (non-hydrogen) atoms. The van der Waals surface area contributed by atoms with E-state index in [1.54, 1.807) is 0 Å². The van der Waals surface area contributed by atoms with Crippen LogP contribution in [0.15, 0.2) is 30.3 Å². The Balaban J connectivity index is 2.36. The van der Waals surface area contributed by atoms with Crippen LogP contribution in [0.5, 0.6) is 0 Å². The monoisotopic (exact) mass is 224 g/mol. The zero-order valence-electron chi connectivity index (χ0n) is 8.43. The van der Waals surface area contributed by atoms with E-state index in [9.17, 15) is 8.42 Å². The van der Waals surface area contributed by atoms with Crippen molar-refractivity contribution in [2.45, 2.75) is 6.42 Å². The molecule has 0 aliphatic heterocycles. The zero-order chi connectivity index (χ0) is 11.1. The summed E-state index contributed by atoms with van der Waals surface area (Å²) in [6.45, 7) is 0.110. The van der Waals surface area contributed by atoms with Crippen LogP contribution in [-0.2, 0) is 14.3 Å². The maximum atomic E-state index is 10.6. The Bertz CT molecular complexity index is 452. The first kappa shape index (κ1) is 11.8. The van der Waals surface area contributed by atoms with Gasteiger partial charge in [0.15, 0.2) is 0 Å². The molecule has 1 rings (SSSR count). The molecule has 0 amide bonds. The van der Waals surface area contributed by atoms with E-state index in [4.69, 9.17) is 0 Å². The average molecular weight is 224 g/mol. The quantitative estimate of drug-likeness (QED) is 0.443. The Hall–Kier alpha value is -1.31. The molecule has 0 saturated carbocycles. The standard InChI is InChI=1S/C11H12O3S/c1-15(12,13)14-10-6-5-9-11-7-3-2-4-8-11/h2-4,7-8H,6,10H2,1H3. The third-order valence-electron chi connectivity index (χ3n) is 1.53. The van der Waals surface area contributed by atoms with Crippen LogP contribution in [0.3, 0.4) is 0 Å². The third-order valence-corrected chi connectivity index (χ3v) is 2.13. The van der Waals surface area contributed by atoms with Crippen LogP contribution in [0.25, 0.3) is 0 Å². The molecule has 0 fully saturated rings. The minimum absolute atomic E-state index is 0.110. The molecule has 0 atom stereocenters. The van der Waals surface area contributed by atoms with Crippen molar-refractivity contribution in [1.82, 2.24) is 0 Å². The molecule has 0 bridgehead atoms. The fraction of sp³-hybridized carbons (Fsp3) is 0.273. The summed E-state index contributed by atoms with van der Waals surface area (Å²) in [5, 5.41) is 0. The molecule has 80 valence electrons. The van der Waals surface area contributed by atoms with Gasteiger partial charge in [-0.15, -0.1) is 0 Å². The summed E-state index contributed by atoms with van der Waals surface area (Å²) in [5.74, 6) is 5.74. The van der Waals surface area contributed by atoms with E-state index >= 15 is 0 Å². The van der Waals surface area contributed by atoms with Gasteiger partial charge in [0.25, 0.3) is 10.1 Å². The molecule has 0 unspecified atom stereocenters. The van der Waals surface area contributed by atoms with E-state index < -0.39 is 10.1 Å². The lowest BCUT2D eigenvalue weighted by Gasteiger charge is -1.94. The maximum Gasteiger partial charge on any atom is 0.264 e. The summed E-state index contributed by atoms with van der Waals surface area (Å²) in [4.78, 5) is 0. The van der Waals surface area contributed by atoms with Gasteiger partial charge >= 0.3 is 0 Å². The second-order valence-electron chi connectivity index (χ2n) is 2.94. The summed E-state index contributed by atoms with van der Waals surface area (Å²) in [6.07, 6.45) is 1.43. The molecule has 0 saturated heterocycles. The highest BCUT2D eigenvalue weighted by molar-refractivity contribution is 7.85. The molecule has 0 spiro atoms. The summed E-state index contributed by atoms with van der Waals surface area (Å²) in [5.41, 5.74) is 0.914. The van der Waals surface area contributed by atoms with E-state index in [2.05, 4.69) is 16.0 Å². The maximum absolute atomic E-state index is 10.6. The number of hydrogen-bond donors (Lipinski definition) is 0. The van der Waals surface area contributed by atoms with Gasteiger partial charge in [-0.2, -0.15) is 8.42 Å². The molecule has 0 radical (unpaired) electrons. The number of benzene rings is 1. The first-order valence-electron chi connectivity index (χ1n) is 4.46. The van der Waals surface area contributed by atoms with Crippen molar-refractivity contribution in [2.75, 3.05) is 12.9 Å². The molecule has 0 heterocycles. The lowest BCUT2D eigenvalue weighted by molar-refractivity contribution is 0.330. The van der Waals surface area contributed by atoms with Crippen LogP contribution in [0, 0.1) is 11.8 Å². The Morgan fingerprint density at radius 1 is 1.27 bits per heavy atom. The van der Waals surface area contributed by atoms with E-state index in [0.717, 1.165) is 11.8 Å². The molecule has 0 N–H and O–H groups in total. The second-order valence-corrected chi connectivity index (χ2v) is 4.59. The molecule has 0 aliphatic carbocycles. The molecule has 0 aliphatic rings. The topological polar surface area (TPSA) is 43.4 Å². The minimum atomic E-state index is -3.34. The summed E-state index contributed by atoms with van der Waals surface area (Å²) in [6, 6.07) is 9.50. The van der Waals surface area contributed by atoms with Gasteiger partial charge < -0.3 is 0 Å². The normalized spacial score (nSPS) is 10.5. The lowest BCUT2D eigenvalue weighted by Crippen LogP contribution is -2.03. The van der Waals surface area contributed by atoms with Gasteiger partial charge in [-0.25, -0.2) is 0 Å². The van der Waals surface area contributed by atoms with Crippen molar-refractivity contribution in [3.8, 4) is 11.8 Å². The van der Waals surface area contributed by atoms with Gasteiger partial charge in [0.05, 0.1) is 12.9 Å². The summed E-state index contributed by atoms with van der Waals surface area (Å²) >= 11 is 0. The van der Waals surface area contributed by atoms with Gasteiger partial charge in [-0.1, -0.05) is 30.0 Å². The van der Waals surface area contributed by atoms with Crippen LogP contribution in [-0.4, -0.2) is 21.3 Å². The zero-order valence-corrected chi connectivity index (χ0v) is 9.25. The number of rotatable bonds is 3. The van der Waals surface area contributed by atoms with Crippen molar-refractivity contribution in [3.05, 3.63) is 35.9 Å². The van der Waals surface area contributed by atoms with Gasteiger partial charge in [-0.3, -0.25) is 4.18 Å². The molecule has 1 aromatic carbocycles. The van der Waals surface area contributed by atoms with Gasteiger partial charge in [-0.05, 0) is 12.1 Å². The predicted molar refractivity (Wildman–Crippen MR) is 58.7 cm³/mol. The van der Waals surface area contributed by atoms with Gasteiger partial charge in [0.1, 0.15) is 0 Å².